The highest BCUT2D eigenvalue weighted by Crippen LogP contribution is 2.23. The van der Waals surface area contributed by atoms with Gasteiger partial charge in [-0.25, -0.2) is 0 Å². The molecule has 1 aromatic carbocycles. The highest BCUT2D eigenvalue weighted by atomic mass is 32.2. The van der Waals surface area contributed by atoms with E-state index in [4.69, 9.17) is 0 Å². The molecule has 1 amide bonds. The van der Waals surface area contributed by atoms with Crippen LogP contribution in [0.2, 0.25) is 0 Å². The largest absolute Gasteiger partial charge is 0.355 e. The van der Waals surface area contributed by atoms with E-state index in [2.05, 4.69) is 50.4 Å². The fourth-order valence-corrected chi connectivity index (χ4v) is 3.29. The highest BCUT2D eigenvalue weighted by Gasteiger charge is 2.16. The zero-order valence-electron chi connectivity index (χ0n) is 13.6. The first kappa shape index (κ1) is 18.1. The maximum Gasteiger partial charge on any atom is 0.220 e. The number of benzene rings is 1. The van der Waals surface area contributed by atoms with Gasteiger partial charge in [0.05, 0.1) is 0 Å². The van der Waals surface area contributed by atoms with E-state index in [9.17, 15) is 4.79 Å². The van der Waals surface area contributed by atoms with Crippen LogP contribution >= 0.6 is 11.8 Å². The molecule has 0 aromatic heterocycles. The summed E-state index contributed by atoms with van der Waals surface area (Å²) >= 11 is 1.88. The fourth-order valence-electron chi connectivity index (χ4n) is 2.26. The van der Waals surface area contributed by atoms with Crippen LogP contribution in [-0.2, 0) is 4.79 Å². The van der Waals surface area contributed by atoms with Gasteiger partial charge in [0.2, 0.25) is 5.91 Å². The summed E-state index contributed by atoms with van der Waals surface area (Å²) in [7, 11) is 0. The Bertz CT molecular complexity index is 391. The number of carbonyl (C=O) groups excluding carboxylic acids is 1. The summed E-state index contributed by atoms with van der Waals surface area (Å²) in [6, 6.07) is 10.5. The van der Waals surface area contributed by atoms with Crippen LogP contribution < -0.4 is 5.32 Å². The van der Waals surface area contributed by atoms with Gasteiger partial charge in [0, 0.05) is 24.6 Å². The van der Waals surface area contributed by atoms with Gasteiger partial charge in [0.25, 0.3) is 0 Å². The summed E-state index contributed by atoms with van der Waals surface area (Å²) in [4.78, 5) is 11.9. The Balaban J connectivity index is 2.32. The van der Waals surface area contributed by atoms with Gasteiger partial charge in [0.15, 0.2) is 0 Å². The Hall–Kier alpha value is -0.960. The van der Waals surface area contributed by atoms with Gasteiger partial charge in [-0.1, -0.05) is 57.5 Å². The van der Waals surface area contributed by atoms with Gasteiger partial charge in [-0.15, -0.1) is 0 Å². The minimum atomic E-state index is 0.181. The summed E-state index contributed by atoms with van der Waals surface area (Å²) in [6.45, 7) is 7.36. The lowest BCUT2D eigenvalue weighted by atomic mass is 9.88. The van der Waals surface area contributed by atoms with E-state index in [1.807, 2.05) is 17.8 Å². The molecule has 1 aromatic rings. The number of hydrogen-bond acceptors (Lipinski definition) is 2. The molecule has 0 radical (unpaired) electrons. The maximum absolute atomic E-state index is 11.9. The predicted octanol–water partition coefficient (Wildman–Crippen LogP) is 4.47. The molecule has 0 saturated carbocycles. The number of unbranched alkanes of at least 4 members (excludes halogenated alkanes) is 1. The second kappa shape index (κ2) is 10.7. The summed E-state index contributed by atoms with van der Waals surface area (Å²) in [6.07, 6.45) is 3.11. The number of carbonyl (C=O) groups is 1. The molecule has 21 heavy (non-hydrogen) atoms. The first-order chi connectivity index (χ1) is 10.1. The van der Waals surface area contributed by atoms with Crippen molar-refractivity contribution in [3.8, 4) is 0 Å². The van der Waals surface area contributed by atoms with Gasteiger partial charge in [-0.3, -0.25) is 4.79 Å². The van der Waals surface area contributed by atoms with E-state index in [1.54, 1.807) is 0 Å². The van der Waals surface area contributed by atoms with Crippen LogP contribution in [0, 0.1) is 5.92 Å². The third kappa shape index (κ3) is 7.56. The van der Waals surface area contributed by atoms with Crippen molar-refractivity contribution in [3.63, 3.8) is 0 Å². The summed E-state index contributed by atoms with van der Waals surface area (Å²) in [5.74, 6) is 3.20. The minimum Gasteiger partial charge on any atom is -0.355 e. The number of amides is 1. The van der Waals surface area contributed by atoms with Gasteiger partial charge in [-0.2, -0.15) is 11.8 Å². The average molecular weight is 308 g/mol. The van der Waals surface area contributed by atoms with Crippen LogP contribution in [0.1, 0.15) is 51.5 Å². The SMILES string of the molecule is CCCCSCCC(=O)NCC(c1ccccc1)C(C)C. The molecule has 0 aliphatic carbocycles. The molecular formula is C18H29NOS. The lowest BCUT2D eigenvalue weighted by molar-refractivity contribution is -0.120. The van der Waals surface area contributed by atoms with Crippen molar-refractivity contribution in [2.75, 3.05) is 18.1 Å². The smallest absolute Gasteiger partial charge is 0.220 e. The lowest BCUT2D eigenvalue weighted by Gasteiger charge is -2.21. The van der Waals surface area contributed by atoms with Crippen LogP contribution in [0.3, 0.4) is 0 Å². The number of thioether (sulfide) groups is 1. The molecule has 2 nitrogen and oxygen atoms in total. The maximum atomic E-state index is 11.9. The second-order valence-electron chi connectivity index (χ2n) is 5.78. The Kier molecular flexibility index (Phi) is 9.24. The summed E-state index contributed by atoms with van der Waals surface area (Å²) in [5, 5.41) is 3.10. The van der Waals surface area contributed by atoms with Crippen molar-refractivity contribution in [1.29, 1.82) is 0 Å². The first-order valence-corrected chi connectivity index (χ1v) is 9.20. The Labute approximate surface area is 134 Å². The van der Waals surface area contributed by atoms with Crippen molar-refractivity contribution in [1.82, 2.24) is 5.32 Å². The summed E-state index contributed by atoms with van der Waals surface area (Å²) < 4.78 is 0. The molecular weight excluding hydrogens is 278 g/mol. The first-order valence-electron chi connectivity index (χ1n) is 8.04. The molecule has 0 aliphatic heterocycles. The molecule has 3 heteroatoms. The highest BCUT2D eigenvalue weighted by molar-refractivity contribution is 7.99. The molecule has 0 fully saturated rings. The monoisotopic (exact) mass is 307 g/mol. The quantitative estimate of drug-likeness (QED) is 0.646. The molecule has 0 heterocycles. The number of nitrogens with one attached hydrogen (secondary N) is 1. The third-order valence-corrected chi connectivity index (χ3v) is 4.74. The van der Waals surface area contributed by atoms with E-state index in [0.29, 0.717) is 18.3 Å². The zero-order valence-corrected chi connectivity index (χ0v) is 14.4. The van der Waals surface area contributed by atoms with Gasteiger partial charge < -0.3 is 5.32 Å². The Morgan fingerprint density at radius 1 is 1.19 bits per heavy atom. The molecule has 0 spiro atoms. The standard InChI is InChI=1S/C18H29NOS/c1-4-5-12-21-13-11-18(20)19-14-17(15(2)3)16-9-7-6-8-10-16/h6-10,15,17H,4-5,11-14H2,1-3H3,(H,19,20). The Morgan fingerprint density at radius 3 is 2.52 bits per heavy atom. The van der Waals surface area contributed by atoms with Gasteiger partial charge in [-0.05, 0) is 23.7 Å². The van der Waals surface area contributed by atoms with E-state index in [0.717, 1.165) is 12.3 Å². The Morgan fingerprint density at radius 2 is 1.90 bits per heavy atom. The topological polar surface area (TPSA) is 29.1 Å². The van der Waals surface area contributed by atoms with Gasteiger partial charge in [0.1, 0.15) is 0 Å². The summed E-state index contributed by atoms with van der Waals surface area (Å²) in [5.41, 5.74) is 1.31. The molecule has 118 valence electrons. The lowest BCUT2D eigenvalue weighted by Crippen LogP contribution is -2.30. The molecule has 0 saturated heterocycles. The normalized spacial score (nSPS) is 12.4. The van der Waals surface area contributed by atoms with Crippen molar-refractivity contribution in [2.24, 2.45) is 5.92 Å². The van der Waals surface area contributed by atoms with E-state index >= 15 is 0 Å². The molecule has 0 bridgehead atoms. The van der Waals surface area contributed by atoms with Crippen molar-refractivity contribution < 1.29 is 4.79 Å². The van der Waals surface area contributed by atoms with E-state index in [-0.39, 0.29) is 5.91 Å². The van der Waals surface area contributed by atoms with Crippen LogP contribution in [0.15, 0.2) is 30.3 Å². The number of rotatable bonds is 10. The molecule has 1 atom stereocenters. The predicted molar refractivity (Wildman–Crippen MR) is 93.9 cm³/mol. The molecule has 1 rings (SSSR count). The fraction of sp³-hybridized carbons (Fsp3) is 0.611. The average Bonchev–Trinajstić information content (AvgIpc) is 2.48. The molecule has 1 unspecified atom stereocenters. The van der Waals surface area contributed by atoms with E-state index in [1.165, 1.54) is 24.2 Å². The van der Waals surface area contributed by atoms with Crippen molar-refractivity contribution in [2.45, 2.75) is 46.0 Å². The second-order valence-corrected chi connectivity index (χ2v) is 7.01. The van der Waals surface area contributed by atoms with E-state index < -0.39 is 0 Å². The van der Waals surface area contributed by atoms with Crippen LogP contribution in [-0.4, -0.2) is 24.0 Å². The third-order valence-electron chi connectivity index (χ3n) is 3.67. The van der Waals surface area contributed by atoms with Crippen molar-refractivity contribution >= 4 is 17.7 Å². The molecule has 0 aliphatic rings. The van der Waals surface area contributed by atoms with Crippen LogP contribution in [0.4, 0.5) is 0 Å². The van der Waals surface area contributed by atoms with Crippen LogP contribution in [0.25, 0.3) is 0 Å². The van der Waals surface area contributed by atoms with Gasteiger partial charge >= 0.3 is 0 Å². The van der Waals surface area contributed by atoms with Crippen LogP contribution in [0.5, 0.6) is 0 Å². The molecule has 1 N–H and O–H groups in total. The zero-order chi connectivity index (χ0) is 15.5. The number of hydrogen-bond donors (Lipinski definition) is 1. The minimum absolute atomic E-state index is 0.181. The van der Waals surface area contributed by atoms with Crippen molar-refractivity contribution in [3.05, 3.63) is 35.9 Å².